The molecule has 1 radical (unpaired) electrons. The topological polar surface area (TPSA) is 51.6 Å². The molecule has 10 aromatic rings. The van der Waals surface area contributed by atoms with Gasteiger partial charge in [0, 0.05) is 44.9 Å². The molecule has 0 saturated carbocycles. The molecule has 0 saturated heterocycles. The van der Waals surface area contributed by atoms with E-state index in [4.69, 9.17) is 0 Å². The Labute approximate surface area is 463 Å². The minimum absolute atomic E-state index is 0. The zero-order valence-corrected chi connectivity index (χ0v) is 45.6. The molecule has 0 aliphatic heterocycles. The second kappa shape index (κ2) is 28.7. The van der Waals surface area contributed by atoms with Gasteiger partial charge in [-0.1, -0.05) is 126 Å². The van der Waals surface area contributed by atoms with Crippen LogP contribution >= 0.6 is 0 Å². The van der Waals surface area contributed by atoms with Crippen LogP contribution in [-0.2, 0) is 40.2 Å². The van der Waals surface area contributed by atoms with Gasteiger partial charge in [-0.25, -0.2) is 0 Å². The quantitative estimate of drug-likeness (QED) is 0.0904. The molecule has 10 rings (SSSR count). The predicted octanol–water partition coefficient (Wildman–Crippen LogP) is 16.4. The molecule has 6 heteroatoms. The first kappa shape index (κ1) is 55.1. The minimum Gasteiger partial charge on any atom is -0.304 e. The number of terminal acetylenes is 1. The summed E-state index contributed by atoms with van der Waals surface area (Å²) in [6, 6.07) is 74.0. The maximum atomic E-state index is 4.65. The summed E-state index contributed by atoms with van der Waals surface area (Å²) in [6.45, 7) is 4.24. The number of aryl methyl sites for hydroxylation is 2. The van der Waals surface area contributed by atoms with Gasteiger partial charge >= 0.3 is 20.1 Å². The van der Waals surface area contributed by atoms with Crippen molar-refractivity contribution < 1.29 is 40.2 Å². The van der Waals surface area contributed by atoms with Crippen LogP contribution in [-0.4, -0.2) is 19.9 Å². The molecule has 0 N–H and O–H groups in total. The zero-order chi connectivity index (χ0) is 49.7. The van der Waals surface area contributed by atoms with Crippen molar-refractivity contribution in [3.05, 3.63) is 287 Å². The Balaban J connectivity index is 0.000000288. The van der Waals surface area contributed by atoms with Crippen molar-refractivity contribution in [3.8, 4) is 57.9 Å². The normalized spacial score (nSPS) is 10.8. The van der Waals surface area contributed by atoms with E-state index in [9.17, 15) is 0 Å². The van der Waals surface area contributed by atoms with E-state index in [-0.39, 0.29) is 40.2 Å². The number of hydrogen-bond acceptors (Lipinski definition) is 4. The Kier molecular flexibility index (Phi) is 21.4. The van der Waals surface area contributed by atoms with Crippen molar-refractivity contribution in [1.29, 1.82) is 0 Å². The van der Waals surface area contributed by atoms with Gasteiger partial charge in [-0.15, -0.1) is 156 Å². The summed E-state index contributed by atoms with van der Waals surface area (Å²) in [5.74, 6) is 0. The standard InChI is InChI=1S/C45H30N3.C21H18N.C2H2.2Ir/c1-4-10-40(11-5-1)43-25-22-34(31-46-43)16-19-37-28-38(20-17-35-23-26-44(47-32-35)41-12-6-2-7-13-41)30-39(29-37)21-18-36-24-27-45(48-33-36)42-14-8-3-9-15-42;1-16-12-17(2)14-19(13-16)9-8-18-10-11-21(22-15-18)20-6-4-3-5-7-20;1-2;;/h1-10,12,14,16-33H;3-6,8-15H,1-2H3;1-2H;;/q-3;-1;;;+3/b19-16-,20-17-,21-18-;9-8-;;;. The fraction of sp³-hybridized carbons (Fsp3) is 0.0294. The van der Waals surface area contributed by atoms with Gasteiger partial charge in [-0.2, -0.15) is 0 Å². The average molecular weight is 1310 g/mol. The van der Waals surface area contributed by atoms with Crippen LogP contribution in [0, 0.1) is 51.0 Å². The van der Waals surface area contributed by atoms with Crippen LogP contribution in [0.5, 0.6) is 0 Å². The molecule has 0 bridgehead atoms. The van der Waals surface area contributed by atoms with Gasteiger partial charge in [0.25, 0.3) is 0 Å². The van der Waals surface area contributed by atoms with Crippen LogP contribution in [0.1, 0.15) is 55.6 Å². The van der Waals surface area contributed by atoms with Crippen molar-refractivity contribution in [2.45, 2.75) is 13.8 Å². The first-order chi connectivity index (χ1) is 35.5. The maximum absolute atomic E-state index is 4.65. The summed E-state index contributed by atoms with van der Waals surface area (Å²) in [7, 11) is 0. The molecule has 0 spiro atoms. The summed E-state index contributed by atoms with van der Waals surface area (Å²) in [5.41, 5.74) is 18.8. The number of hydrogen-bond donors (Lipinski definition) is 0. The van der Waals surface area contributed by atoms with E-state index in [1.54, 1.807) is 0 Å². The van der Waals surface area contributed by atoms with Crippen molar-refractivity contribution in [2.75, 3.05) is 0 Å². The Bertz CT molecular complexity index is 3140. The third-order valence-electron chi connectivity index (χ3n) is 11.2. The fourth-order valence-corrected chi connectivity index (χ4v) is 7.73. The monoisotopic (exact) mass is 1310 g/mol. The average Bonchev–Trinajstić information content (AvgIpc) is 3.45. The van der Waals surface area contributed by atoms with Crippen molar-refractivity contribution in [2.24, 2.45) is 0 Å². The Hall–Kier alpha value is -8.26. The third-order valence-corrected chi connectivity index (χ3v) is 11.2. The summed E-state index contributed by atoms with van der Waals surface area (Å²) < 4.78 is 0. The van der Waals surface area contributed by atoms with Crippen LogP contribution in [0.25, 0.3) is 93.6 Å². The van der Waals surface area contributed by atoms with E-state index in [1.165, 1.54) is 16.7 Å². The van der Waals surface area contributed by atoms with Gasteiger partial charge in [0.15, 0.2) is 0 Å². The Morgan fingerprint density at radius 3 is 0.770 bits per heavy atom. The molecule has 6 aromatic carbocycles. The van der Waals surface area contributed by atoms with Crippen LogP contribution in [0.2, 0.25) is 0 Å². The first-order valence-electron chi connectivity index (χ1n) is 23.5. The Morgan fingerprint density at radius 1 is 0.311 bits per heavy atom. The smallest absolute Gasteiger partial charge is 0.304 e. The molecule has 361 valence electrons. The number of benzene rings is 6. The van der Waals surface area contributed by atoms with E-state index in [2.05, 4.69) is 180 Å². The molecule has 0 aliphatic carbocycles. The van der Waals surface area contributed by atoms with E-state index in [0.717, 1.165) is 84.0 Å². The van der Waals surface area contributed by atoms with Crippen molar-refractivity contribution in [1.82, 2.24) is 19.9 Å². The first-order valence-corrected chi connectivity index (χ1v) is 23.5. The number of nitrogens with zero attached hydrogens (tertiary/aromatic N) is 4. The second-order valence-corrected chi connectivity index (χ2v) is 16.7. The van der Waals surface area contributed by atoms with Gasteiger partial charge < -0.3 is 19.9 Å². The molecule has 4 nitrogen and oxygen atoms in total. The van der Waals surface area contributed by atoms with Crippen LogP contribution in [0.4, 0.5) is 0 Å². The van der Waals surface area contributed by atoms with Gasteiger partial charge in [0.1, 0.15) is 0 Å². The summed E-state index contributed by atoms with van der Waals surface area (Å²) in [5, 5.41) is 0. The molecule has 0 fully saturated rings. The number of pyridine rings is 4. The molecule has 0 amide bonds. The van der Waals surface area contributed by atoms with Gasteiger partial charge in [0.05, 0.1) is 0 Å². The number of aromatic nitrogens is 4. The van der Waals surface area contributed by atoms with Crippen molar-refractivity contribution >= 4 is 48.6 Å². The fourth-order valence-electron chi connectivity index (χ4n) is 7.73. The summed E-state index contributed by atoms with van der Waals surface area (Å²) >= 11 is 0. The van der Waals surface area contributed by atoms with E-state index in [0.29, 0.717) is 0 Å². The molecule has 0 atom stereocenters. The maximum Gasteiger partial charge on any atom is 3.00 e. The molecular weight excluding hydrogens is 1260 g/mol. The van der Waals surface area contributed by atoms with Gasteiger partial charge in [-0.3, -0.25) is 0 Å². The summed E-state index contributed by atoms with van der Waals surface area (Å²) in [6.07, 6.45) is 32.5. The van der Waals surface area contributed by atoms with Crippen LogP contribution < -0.4 is 0 Å². The molecule has 74 heavy (non-hydrogen) atoms. The van der Waals surface area contributed by atoms with E-state index >= 15 is 0 Å². The van der Waals surface area contributed by atoms with E-state index < -0.39 is 0 Å². The Morgan fingerprint density at radius 2 is 0.554 bits per heavy atom. The van der Waals surface area contributed by atoms with E-state index in [1.807, 2.05) is 146 Å². The summed E-state index contributed by atoms with van der Waals surface area (Å²) in [4.78, 5) is 18.5. The van der Waals surface area contributed by atoms with Gasteiger partial charge in [-0.05, 0) is 99.3 Å². The zero-order valence-electron chi connectivity index (χ0n) is 40.9. The molecule has 0 unspecified atom stereocenters. The van der Waals surface area contributed by atoms with Crippen LogP contribution in [0.15, 0.2) is 207 Å². The predicted molar refractivity (Wildman–Crippen MR) is 302 cm³/mol. The molecule has 4 aromatic heterocycles. The third kappa shape index (κ3) is 16.4. The molecular formula is C68H50Ir2N4-. The second-order valence-electron chi connectivity index (χ2n) is 16.7. The molecule has 4 heterocycles. The van der Waals surface area contributed by atoms with Crippen molar-refractivity contribution in [3.63, 3.8) is 0 Å². The van der Waals surface area contributed by atoms with Gasteiger partial charge in [0.2, 0.25) is 0 Å². The molecule has 0 aliphatic rings. The van der Waals surface area contributed by atoms with Crippen LogP contribution in [0.3, 0.4) is 0 Å². The SMILES string of the molecule is C#C.Cc1cc(C)cc(/C=C\c2ccc(-c3[c-]cccc3)nc2)c1.[Ir+3].[Ir].[c-]1ccccc1-c1ccc(/C=C\c2cc(/C=C\c3ccc(-c4[c-]cccc4)nc3)cc(/C=C\c3ccc(-c4[c-]cccc4)nc3)c2)cn1. The number of rotatable bonds is 12. The minimum atomic E-state index is 0. The largest absolute Gasteiger partial charge is 3.00 e.